The molecule has 6 nitrogen and oxygen atoms in total. The summed E-state index contributed by atoms with van der Waals surface area (Å²) >= 11 is 0. The lowest BCUT2D eigenvalue weighted by Crippen LogP contribution is -2.43. The van der Waals surface area contributed by atoms with Gasteiger partial charge in [-0.2, -0.15) is 0 Å². The SMILES string of the molecule is C[C@H](CN[C@H](c1cccc(F)c1)[C@H]1CNc2cccnc2O1)c1cccc(CC(=O)O)c1. The van der Waals surface area contributed by atoms with Crippen molar-refractivity contribution in [2.75, 3.05) is 18.4 Å². The average molecular weight is 435 g/mol. The molecule has 0 bridgehead atoms. The number of carboxylic acid groups (broad SMARTS) is 1. The van der Waals surface area contributed by atoms with Crippen LogP contribution in [0.25, 0.3) is 0 Å². The number of carbonyl (C=O) groups is 1. The smallest absolute Gasteiger partial charge is 0.307 e. The number of nitrogens with zero attached hydrogens (tertiary/aromatic N) is 1. The van der Waals surface area contributed by atoms with Gasteiger partial charge in [0, 0.05) is 12.7 Å². The monoisotopic (exact) mass is 435 g/mol. The molecule has 3 aromatic rings. The standard InChI is InChI=1S/C25H26FN3O3/c1-16(18-6-2-5-17(11-18)12-23(30)31)14-29-24(19-7-3-8-20(26)13-19)22-15-28-21-9-4-10-27-25(21)32-22/h2-11,13,16,22,24,28-29H,12,14-15H2,1H3,(H,30,31)/t16-,22-,24-/m1/s1. The quantitative estimate of drug-likeness (QED) is 0.493. The Morgan fingerprint density at radius 2 is 2.03 bits per heavy atom. The van der Waals surface area contributed by atoms with E-state index in [0.29, 0.717) is 19.0 Å². The van der Waals surface area contributed by atoms with Crippen molar-refractivity contribution >= 4 is 11.7 Å². The zero-order valence-corrected chi connectivity index (χ0v) is 17.8. The van der Waals surface area contributed by atoms with E-state index in [1.54, 1.807) is 12.3 Å². The Balaban J connectivity index is 1.52. The van der Waals surface area contributed by atoms with E-state index >= 15 is 0 Å². The Morgan fingerprint density at radius 3 is 2.84 bits per heavy atom. The van der Waals surface area contributed by atoms with Gasteiger partial charge in [0.25, 0.3) is 0 Å². The number of nitrogens with one attached hydrogen (secondary N) is 2. The van der Waals surface area contributed by atoms with Crippen LogP contribution in [0.5, 0.6) is 5.88 Å². The van der Waals surface area contributed by atoms with Crippen molar-refractivity contribution < 1.29 is 19.0 Å². The first-order valence-corrected chi connectivity index (χ1v) is 10.6. The summed E-state index contributed by atoms with van der Waals surface area (Å²) in [7, 11) is 0. The van der Waals surface area contributed by atoms with Gasteiger partial charge in [-0.25, -0.2) is 9.37 Å². The van der Waals surface area contributed by atoms with Crippen LogP contribution in [-0.4, -0.2) is 35.3 Å². The van der Waals surface area contributed by atoms with Crippen molar-refractivity contribution in [2.45, 2.75) is 31.4 Å². The van der Waals surface area contributed by atoms with Crippen LogP contribution in [0.15, 0.2) is 66.9 Å². The van der Waals surface area contributed by atoms with Crippen molar-refractivity contribution in [3.8, 4) is 5.88 Å². The molecule has 0 saturated carbocycles. The van der Waals surface area contributed by atoms with E-state index in [4.69, 9.17) is 9.84 Å². The zero-order valence-electron chi connectivity index (χ0n) is 17.8. The highest BCUT2D eigenvalue weighted by molar-refractivity contribution is 5.70. The van der Waals surface area contributed by atoms with Crippen LogP contribution in [0.4, 0.5) is 10.1 Å². The molecular weight excluding hydrogens is 409 g/mol. The topological polar surface area (TPSA) is 83.5 Å². The van der Waals surface area contributed by atoms with Crippen molar-refractivity contribution in [2.24, 2.45) is 0 Å². The molecule has 0 amide bonds. The third-order valence-electron chi connectivity index (χ3n) is 5.63. The van der Waals surface area contributed by atoms with Crippen LogP contribution in [0, 0.1) is 5.82 Å². The van der Waals surface area contributed by atoms with Crippen LogP contribution in [-0.2, 0) is 11.2 Å². The first kappa shape index (κ1) is 21.8. The summed E-state index contributed by atoms with van der Waals surface area (Å²) in [4.78, 5) is 15.3. The molecule has 0 spiro atoms. The maximum Gasteiger partial charge on any atom is 0.307 e. The third-order valence-corrected chi connectivity index (χ3v) is 5.63. The van der Waals surface area contributed by atoms with Gasteiger partial charge in [0.05, 0.1) is 24.7 Å². The summed E-state index contributed by atoms with van der Waals surface area (Å²) in [5, 5.41) is 16.0. The van der Waals surface area contributed by atoms with Gasteiger partial charge in [-0.15, -0.1) is 0 Å². The summed E-state index contributed by atoms with van der Waals surface area (Å²) in [5.74, 6) is -0.510. The van der Waals surface area contributed by atoms with Crippen molar-refractivity contribution in [3.05, 3.63) is 89.4 Å². The highest BCUT2D eigenvalue weighted by Crippen LogP contribution is 2.31. The van der Waals surface area contributed by atoms with Crippen molar-refractivity contribution in [3.63, 3.8) is 0 Å². The van der Waals surface area contributed by atoms with E-state index in [0.717, 1.165) is 22.4 Å². The number of aliphatic carboxylic acids is 1. The maximum absolute atomic E-state index is 14.0. The second-order valence-corrected chi connectivity index (χ2v) is 8.05. The Morgan fingerprint density at radius 1 is 1.22 bits per heavy atom. The molecule has 2 aromatic carbocycles. The second kappa shape index (κ2) is 9.78. The van der Waals surface area contributed by atoms with Gasteiger partial charge >= 0.3 is 5.97 Å². The molecule has 0 saturated heterocycles. The van der Waals surface area contributed by atoms with Gasteiger partial charge in [0.2, 0.25) is 5.88 Å². The number of pyridine rings is 1. The van der Waals surface area contributed by atoms with Crippen LogP contribution < -0.4 is 15.4 Å². The van der Waals surface area contributed by atoms with Gasteiger partial charge in [-0.3, -0.25) is 4.79 Å². The molecule has 3 N–H and O–H groups in total. The van der Waals surface area contributed by atoms with Gasteiger partial charge in [0.1, 0.15) is 11.9 Å². The lowest BCUT2D eigenvalue weighted by Gasteiger charge is -2.33. The maximum atomic E-state index is 14.0. The summed E-state index contributed by atoms with van der Waals surface area (Å²) < 4.78 is 20.2. The summed E-state index contributed by atoms with van der Waals surface area (Å²) in [6.07, 6.45) is 1.39. The molecule has 4 rings (SSSR count). The minimum Gasteiger partial charge on any atom is -0.481 e. The van der Waals surface area contributed by atoms with Gasteiger partial charge in [0.15, 0.2) is 0 Å². The fourth-order valence-electron chi connectivity index (χ4n) is 3.97. The van der Waals surface area contributed by atoms with Crippen LogP contribution >= 0.6 is 0 Å². The lowest BCUT2D eigenvalue weighted by atomic mass is 9.95. The number of anilines is 1. The molecule has 1 aromatic heterocycles. The van der Waals surface area contributed by atoms with Gasteiger partial charge < -0.3 is 20.5 Å². The molecule has 32 heavy (non-hydrogen) atoms. The first-order valence-electron chi connectivity index (χ1n) is 10.6. The number of benzene rings is 2. The highest BCUT2D eigenvalue weighted by atomic mass is 19.1. The van der Waals surface area contributed by atoms with Crippen molar-refractivity contribution in [1.82, 2.24) is 10.3 Å². The zero-order chi connectivity index (χ0) is 22.5. The van der Waals surface area contributed by atoms with E-state index in [9.17, 15) is 9.18 Å². The fourth-order valence-corrected chi connectivity index (χ4v) is 3.97. The van der Waals surface area contributed by atoms with E-state index in [1.807, 2.05) is 42.5 Å². The summed E-state index contributed by atoms with van der Waals surface area (Å²) in [5.41, 5.74) is 3.45. The molecular formula is C25H26FN3O3. The number of ether oxygens (including phenoxy) is 1. The number of carboxylic acids is 1. The number of fused-ring (bicyclic) bond motifs is 1. The third kappa shape index (κ3) is 5.23. The largest absolute Gasteiger partial charge is 0.481 e. The summed E-state index contributed by atoms with van der Waals surface area (Å²) in [6, 6.07) is 17.6. The Kier molecular flexibility index (Phi) is 6.66. The minimum absolute atomic E-state index is 0.00605. The fraction of sp³-hybridized carbons (Fsp3) is 0.280. The number of hydrogen-bond acceptors (Lipinski definition) is 5. The predicted molar refractivity (Wildman–Crippen MR) is 120 cm³/mol. The van der Waals surface area contributed by atoms with Gasteiger partial charge in [-0.05, 0) is 46.9 Å². The first-order chi connectivity index (χ1) is 15.5. The number of aromatic nitrogens is 1. The Hall–Kier alpha value is -3.45. The Bertz CT molecular complexity index is 1090. The predicted octanol–water partition coefficient (Wildman–Crippen LogP) is 4.16. The number of halogens is 1. The van der Waals surface area contributed by atoms with E-state index < -0.39 is 5.97 Å². The molecule has 2 heterocycles. The second-order valence-electron chi connectivity index (χ2n) is 8.05. The molecule has 3 atom stereocenters. The van der Waals surface area contributed by atoms with Crippen LogP contribution in [0.3, 0.4) is 0 Å². The Labute approximate surface area is 186 Å². The molecule has 166 valence electrons. The van der Waals surface area contributed by atoms with E-state index in [-0.39, 0.29) is 30.3 Å². The molecule has 0 fully saturated rings. The number of rotatable bonds is 8. The van der Waals surface area contributed by atoms with Crippen LogP contribution in [0.2, 0.25) is 0 Å². The average Bonchev–Trinajstić information content (AvgIpc) is 2.79. The lowest BCUT2D eigenvalue weighted by molar-refractivity contribution is -0.136. The molecule has 0 unspecified atom stereocenters. The minimum atomic E-state index is -0.852. The van der Waals surface area contributed by atoms with Crippen molar-refractivity contribution in [1.29, 1.82) is 0 Å². The molecule has 7 heteroatoms. The summed E-state index contributed by atoms with van der Waals surface area (Å²) in [6.45, 7) is 3.23. The molecule has 1 aliphatic rings. The normalized spacial score (nSPS) is 16.9. The van der Waals surface area contributed by atoms with Crippen LogP contribution in [0.1, 0.15) is 35.6 Å². The molecule has 1 aliphatic heterocycles. The van der Waals surface area contributed by atoms with E-state index in [2.05, 4.69) is 22.5 Å². The number of hydrogen-bond donors (Lipinski definition) is 3. The van der Waals surface area contributed by atoms with Gasteiger partial charge in [-0.1, -0.05) is 43.3 Å². The molecule has 0 radical (unpaired) electrons. The van der Waals surface area contributed by atoms with E-state index in [1.165, 1.54) is 12.1 Å². The molecule has 0 aliphatic carbocycles. The highest BCUT2D eigenvalue weighted by Gasteiger charge is 2.30.